The topological polar surface area (TPSA) is 51.5 Å². The van der Waals surface area contributed by atoms with Gasteiger partial charge >= 0.3 is 0 Å². The van der Waals surface area contributed by atoms with Crippen molar-refractivity contribution in [1.82, 2.24) is 4.57 Å². The Labute approximate surface area is 90.3 Å². The minimum Gasteiger partial charge on any atom is -0.394 e. The summed E-state index contributed by atoms with van der Waals surface area (Å²) in [6, 6.07) is 3.49. The normalized spacial score (nSPS) is 10.4. The molecule has 0 amide bonds. The molecule has 0 atom stereocenters. The van der Waals surface area contributed by atoms with E-state index in [9.17, 15) is 4.79 Å². The van der Waals surface area contributed by atoms with E-state index in [1.54, 1.807) is 22.9 Å². The van der Waals surface area contributed by atoms with E-state index in [0.717, 1.165) is 0 Å². The molecule has 0 aliphatic heterocycles. The van der Waals surface area contributed by atoms with E-state index < -0.39 is 0 Å². The smallest absolute Gasteiger partial charge is 0.264 e. The van der Waals surface area contributed by atoms with E-state index in [1.165, 1.54) is 0 Å². The van der Waals surface area contributed by atoms with Gasteiger partial charge in [-0.3, -0.25) is 4.79 Å². The average molecular weight is 262 g/mol. The molecule has 0 unspecified atom stereocenters. The van der Waals surface area contributed by atoms with E-state index in [0.29, 0.717) is 24.2 Å². The van der Waals surface area contributed by atoms with Gasteiger partial charge in [-0.05, 0) is 28.1 Å². The summed E-state index contributed by atoms with van der Waals surface area (Å²) in [5.74, 6) is 0. The summed E-state index contributed by atoms with van der Waals surface area (Å²) in [4.78, 5) is 11.4. The van der Waals surface area contributed by atoms with Crippen LogP contribution in [0.5, 0.6) is 0 Å². The van der Waals surface area contributed by atoms with Gasteiger partial charge in [0, 0.05) is 12.7 Å². The van der Waals surface area contributed by atoms with Gasteiger partial charge in [-0.15, -0.1) is 0 Å². The fraction of sp³-hybridized carbons (Fsp3) is 0.444. The predicted molar refractivity (Wildman–Crippen MR) is 56.3 cm³/mol. The Morgan fingerprint density at radius 1 is 1.50 bits per heavy atom. The number of hydrogen-bond donors (Lipinski definition) is 1. The summed E-state index contributed by atoms with van der Waals surface area (Å²) in [6.07, 6.45) is 1.70. The highest BCUT2D eigenvalue weighted by Crippen LogP contribution is 2.00. The Morgan fingerprint density at radius 2 is 2.29 bits per heavy atom. The fourth-order valence-corrected chi connectivity index (χ4v) is 1.39. The number of aromatic nitrogens is 1. The number of aliphatic hydroxyl groups excluding tert-OH is 1. The number of aliphatic hydroxyl groups is 1. The molecule has 0 fully saturated rings. The monoisotopic (exact) mass is 261 g/mol. The zero-order valence-corrected chi connectivity index (χ0v) is 9.24. The van der Waals surface area contributed by atoms with Crippen molar-refractivity contribution in [2.45, 2.75) is 6.54 Å². The van der Waals surface area contributed by atoms with Gasteiger partial charge in [0.15, 0.2) is 0 Å². The molecule has 0 bridgehead atoms. The van der Waals surface area contributed by atoms with Crippen molar-refractivity contribution in [2.75, 3.05) is 19.8 Å². The first-order chi connectivity index (χ1) is 6.75. The number of halogens is 1. The summed E-state index contributed by atoms with van der Waals surface area (Å²) in [6.45, 7) is 1.24. The molecule has 0 saturated carbocycles. The molecule has 0 radical (unpaired) electrons. The molecule has 4 nitrogen and oxygen atoms in total. The fourth-order valence-electron chi connectivity index (χ4n) is 1.01. The molecule has 1 N–H and O–H groups in total. The van der Waals surface area contributed by atoms with Crippen molar-refractivity contribution in [2.24, 2.45) is 0 Å². The maximum absolute atomic E-state index is 11.4. The highest BCUT2D eigenvalue weighted by Gasteiger charge is 1.98. The Hall–Kier alpha value is -0.650. The van der Waals surface area contributed by atoms with Crippen LogP contribution >= 0.6 is 15.9 Å². The van der Waals surface area contributed by atoms with Crippen LogP contribution in [0.3, 0.4) is 0 Å². The summed E-state index contributed by atoms with van der Waals surface area (Å²) in [5.41, 5.74) is -0.0694. The lowest BCUT2D eigenvalue weighted by molar-refractivity contribution is 0.0865. The Bertz CT molecular complexity index is 337. The summed E-state index contributed by atoms with van der Waals surface area (Å²) in [7, 11) is 0. The highest BCUT2D eigenvalue weighted by atomic mass is 79.9. The van der Waals surface area contributed by atoms with Crippen LogP contribution in [0.2, 0.25) is 0 Å². The molecule has 78 valence electrons. The van der Waals surface area contributed by atoms with Gasteiger partial charge in [-0.25, -0.2) is 0 Å². The van der Waals surface area contributed by atoms with Gasteiger partial charge < -0.3 is 14.4 Å². The van der Waals surface area contributed by atoms with E-state index >= 15 is 0 Å². The third-order valence-electron chi connectivity index (χ3n) is 1.69. The Morgan fingerprint density at radius 3 is 3.00 bits per heavy atom. The van der Waals surface area contributed by atoms with Crippen LogP contribution in [0.25, 0.3) is 0 Å². The molecule has 0 aliphatic rings. The second kappa shape index (κ2) is 5.95. The Kier molecular flexibility index (Phi) is 4.86. The van der Waals surface area contributed by atoms with Gasteiger partial charge in [-0.1, -0.05) is 0 Å². The van der Waals surface area contributed by atoms with Crippen LogP contribution in [0.15, 0.2) is 27.6 Å². The first-order valence-electron chi connectivity index (χ1n) is 4.29. The molecular formula is C9H12BrNO3. The van der Waals surface area contributed by atoms with E-state index in [-0.39, 0.29) is 12.2 Å². The van der Waals surface area contributed by atoms with Crippen molar-refractivity contribution < 1.29 is 9.84 Å². The lowest BCUT2D eigenvalue weighted by Gasteiger charge is -2.05. The lowest BCUT2D eigenvalue weighted by Crippen LogP contribution is -2.22. The maximum Gasteiger partial charge on any atom is 0.264 e. The number of nitrogens with zero attached hydrogens (tertiary/aromatic N) is 1. The average Bonchev–Trinajstić information content (AvgIpc) is 2.19. The largest absolute Gasteiger partial charge is 0.394 e. The Balaban J connectivity index is 2.51. The summed E-state index contributed by atoms with van der Waals surface area (Å²) < 4.78 is 7.16. The molecule has 0 spiro atoms. The van der Waals surface area contributed by atoms with E-state index in [1.807, 2.05) is 0 Å². The van der Waals surface area contributed by atoms with Gasteiger partial charge in [0.1, 0.15) is 0 Å². The molecule has 1 aromatic rings. The van der Waals surface area contributed by atoms with Gasteiger partial charge in [-0.2, -0.15) is 0 Å². The van der Waals surface area contributed by atoms with E-state index in [4.69, 9.17) is 9.84 Å². The lowest BCUT2D eigenvalue weighted by atomic mass is 10.4. The van der Waals surface area contributed by atoms with Crippen molar-refractivity contribution >= 4 is 15.9 Å². The molecule has 1 aromatic heterocycles. The number of pyridine rings is 1. The quantitative estimate of drug-likeness (QED) is 0.791. The molecular weight excluding hydrogens is 250 g/mol. The number of ether oxygens (including phenoxy) is 1. The first kappa shape index (κ1) is 11.4. The van der Waals surface area contributed by atoms with Crippen LogP contribution in [0, 0.1) is 0 Å². The SMILES string of the molecule is O=c1c(Br)cccn1CCOCCO. The summed E-state index contributed by atoms with van der Waals surface area (Å²) in [5, 5.41) is 8.46. The molecule has 1 rings (SSSR count). The van der Waals surface area contributed by atoms with Crippen molar-refractivity contribution in [1.29, 1.82) is 0 Å². The van der Waals surface area contributed by atoms with Crippen LogP contribution in [-0.4, -0.2) is 29.5 Å². The molecule has 0 saturated heterocycles. The predicted octanol–water partition coefficient (Wildman–Crippen LogP) is 0.620. The second-order valence-electron chi connectivity index (χ2n) is 2.69. The minimum absolute atomic E-state index is 0.00732. The van der Waals surface area contributed by atoms with Crippen LogP contribution < -0.4 is 5.56 Å². The standard InChI is InChI=1S/C9H12BrNO3/c10-8-2-1-3-11(9(8)13)4-6-14-7-5-12/h1-3,12H,4-7H2. The van der Waals surface area contributed by atoms with Gasteiger partial charge in [0.25, 0.3) is 5.56 Å². The van der Waals surface area contributed by atoms with E-state index in [2.05, 4.69) is 15.9 Å². The second-order valence-corrected chi connectivity index (χ2v) is 3.54. The van der Waals surface area contributed by atoms with Gasteiger partial charge in [0.05, 0.1) is 24.3 Å². The van der Waals surface area contributed by atoms with Crippen LogP contribution in [-0.2, 0) is 11.3 Å². The molecule has 0 aliphatic carbocycles. The molecule has 0 aromatic carbocycles. The van der Waals surface area contributed by atoms with Crippen molar-refractivity contribution in [3.8, 4) is 0 Å². The zero-order valence-electron chi connectivity index (χ0n) is 7.65. The minimum atomic E-state index is -0.0694. The summed E-state index contributed by atoms with van der Waals surface area (Å²) >= 11 is 3.15. The maximum atomic E-state index is 11.4. The van der Waals surface area contributed by atoms with Crippen LogP contribution in [0.4, 0.5) is 0 Å². The first-order valence-corrected chi connectivity index (χ1v) is 5.08. The third kappa shape index (κ3) is 3.25. The number of hydrogen-bond acceptors (Lipinski definition) is 3. The van der Waals surface area contributed by atoms with Gasteiger partial charge in [0.2, 0.25) is 0 Å². The third-order valence-corrected chi connectivity index (χ3v) is 2.29. The highest BCUT2D eigenvalue weighted by molar-refractivity contribution is 9.10. The van der Waals surface area contributed by atoms with Crippen molar-refractivity contribution in [3.63, 3.8) is 0 Å². The molecule has 1 heterocycles. The number of rotatable bonds is 5. The van der Waals surface area contributed by atoms with Crippen molar-refractivity contribution in [3.05, 3.63) is 33.2 Å². The zero-order chi connectivity index (χ0) is 10.4. The van der Waals surface area contributed by atoms with Crippen LogP contribution in [0.1, 0.15) is 0 Å². The molecule has 5 heteroatoms. The molecule has 14 heavy (non-hydrogen) atoms.